The Balaban J connectivity index is 2.82. The first kappa shape index (κ1) is 11.2. The number of carbonyl (C=O) groups excluding carboxylic acids is 1. The highest BCUT2D eigenvalue weighted by molar-refractivity contribution is 8.22. The third-order valence-electron chi connectivity index (χ3n) is 2.05. The van der Waals surface area contributed by atoms with Gasteiger partial charge in [0.25, 0.3) is 0 Å². The zero-order chi connectivity index (χ0) is 10.0. The lowest BCUT2D eigenvalue weighted by atomic mass is 9.99. The summed E-state index contributed by atoms with van der Waals surface area (Å²) in [6, 6.07) is 0. The van der Waals surface area contributed by atoms with Crippen LogP contribution < -0.4 is 0 Å². The fourth-order valence-electron chi connectivity index (χ4n) is 1.39. The van der Waals surface area contributed by atoms with Gasteiger partial charge in [0.2, 0.25) is 0 Å². The minimum atomic E-state index is 0.142. The van der Waals surface area contributed by atoms with Crippen molar-refractivity contribution in [3.8, 4) is 0 Å². The molecule has 0 radical (unpaired) electrons. The summed E-state index contributed by atoms with van der Waals surface area (Å²) in [7, 11) is 0. The predicted molar refractivity (Wildman–Crippen MR) is 62.1 cm³/mol. The van der Waals surface area contributed by atoms with E-state index < -0.39 is 0 Å². The molecule has 0 spiro atoms. The van der Waals surface area contributed by atoms with Crippen molar-refractivity contribution in [2.75, 3.05) is 6.26 Å². The Labute approximate surface area is 88.7 Å². The van der Waals surface area contributed by atoms with Crippen LogP contribution in [0.2, 0.25) is 0 Å². The first-order valence-corrected chi connectivity index (χ1v) is 6.64. The number of Topliss-reactive ketones (excluding diaryl/α,β-unsaturated/α-hetero) is 1. The van der Waals surface area contributed by atoms with Crippen molar-refractivity contribution in [2.45, 2.75) is 32.4 Å². The molecule has 0 saturated heterocycles. The summed E-state index contributed by atoms with van der Waals surface area (Å²) >= 11 is 3.55. The topological polar surface area (TPSA) is 17.1 Å². The molecule has 1 aliphatic rings. The zero-order valence-corrected chi connectivity index (χ0v) is 10.2. The van der Waals surface area contributed by atoms with Gasteiger partial charge in [0.15, 0.2) is 5.78 Å². The third-order valence-corrected chi connectivity index (χ3v) is 4.49. The number of hydrogen-bond donors (Lipinski definition) is 0. The number of rotatable bonds is 3. The average molecular weight is 216 g/mol. The van der Waals surface area contributed by atoms with Crippen LogP contribution in [0.3, 0.4) is 0 Å². The molecule has 13 heavy (non-hydrogen) atoms. The van der Waals surface area contributed by atoms with E-state index in [0.29, 0.717) is 11.0 Å². The SMILES string of the molecule is CSC1=C(C(=O)C(C)C)CC(C)S1. The van der Waals surface area contributed by atoms with Crippen LogP contribution in [0.1, 0.15) is 27.2 Å². The van der Waals surface area contributed by atoms with Gasteiger partial charge in [0, 0.05) is 21.0 Å². The lowest BCUT2D eigenvalue weighted by molar-refractivity contribution is -0.118. The molecule has 1 unspecified atom stereocenters. The highest BCUT2D eigenvalue weighted by Crippen LogP contribution is 2.43. The summed E-state index contributed by atoms with van der Waals surface area (Å²) < 4.78 is 1.24. The Morgan fingerprint density at radius 1 is 1.62 bits per heavy atom. The van der Waals surface area contributed by atoms with Gasteiger partial charge in [-0.05, 0) is 12.7 Å². The Hall–Kier alpha value is 0.110. The van der Waals surface area contributed by atoms with Gasteiger partial charge in [-0.2, -0.15) is 0 Å². The van der Waals surface area contributed by atoms with Crippen molar-refractivity contribution in [2.24, 2.45) is 5.92 Å². The molecule has 1 atom stereocenters. The maximum absolute atomic E-state index is 11.8. The minimum Gasteiger partial charge on any atom is -0.294 e. The second-order valence-corrected chi connectivity index (χ2v) is 6.15. The van der Waals surface area contributed by atoms with E-state index in [1.54, 1.807) is 11.8 Å². The highest BCUT2D eigenvalue weighted by Gasteiger charge is 2.27. The largest absolute Gasteiger partial charge is 0.294 e. The van der Waals surface area contributed by atoms with E-state index in [4.69, 9.17) is 0 Å². The van der Waals surface area contributed by atoms with E-state index in [2.05, 4.69) is 6.92 Å². The van der Waals surface area contributed by atoms with Gasteiger partial charge in [0.05, 0.1) is 0 Å². The molecule has 1 nitrogen and oxygen atoms in total. The summed E-state index contributed by atoms with van der Waals surface area (Å²) in [5.41, 5.74) is 1.07. The smallest absolute Gasteiger partial charge is 0.163 e. The molecule has 3 heteroatoms. The van der Waals surface area contributed by atoms with Gasteiger partial charge in [0.1, 0.15) is 0 Å². The summed E-state index contributed by atoms with van der Waals surface area (Å²) in [4.78, 5) is 11.8. The molecule has 0 N–H and O–H groups in total. The number of hydrogen-bond acceptors (Lipinski definition) is 3. The summed E-state index contributed by atoms with van der Waals surface area (Å²) in [5.74, 6) is 0.476. The maximum atomic E-state index is 11.8. The number of thioether (sulfide) groups is 2. The van der Waals surface area contributed by atoms with Gasteiger partial charge in [-0.1, -0.05) is 20.8 Å². The lowest BCUT2D eigenvalue weighted by Gasteiger charge is -2.05. The quantitative estimate of drug-likeness (QED) is 0.720. The van der Waals surface area contributed by atoms with Gasteiger partial charge >= 0.3 is 0 Å². The molecule has 0 aromatic rings. The third kappa shape index (κ3) is 2.53. The molecule has 0 fully saturated rings. The standard InChI is InChI=1S/C10H16OS2/c1-6(2)9(11)8-5-7(3)13-10(8)12-4/h6-7H,5H2,1-4H3. The van der Waals surface area contributed by atoms with Crippen molar-refractivity contribution in [3.63, 3.8) is 0 Å². The van der Waals surface area contributed by atoms with E-state index in [0.717, 1.165) is 12.0 Å². The van der Waals surface area contributed by atoms with Crippen LogP contribution in [0, 0.1) is 5.92 Å². The maximum Gasteiger partial charge on any atom is 0.163 e. The molecule has 0 aromatic carbocycles. The molecule has 1 aliphatic heterocycles. The molecular formula is C10H16OS2. The van der Waals surface area contributed by atoms with E-state index in [9.17, 15) is 4.79 Å². The van der Waals surface area contributed by atoms with Crippen LogP contribution in [0.15, 0.2) is 9.81 Å². The molecule has 1 rings (SSSR count). The van der Waals surface area contributed by atoms with Crippen molar-refractivity contribution in [1.29, 1.82) is 0 Å². The average Bonchev–Trinajstić information content (AvgIpc) is 2.45. The Bertz CT molecular complexity index is 243. The van der Waals surface area contributed by atoms with Gasteiger partial charge in [-0.15, -0.1) is 23.5 Å². The first-order valence-electron chi connectivity index (χ1n) is 4.54. The Morgan fingerprint density at radius 2 is 2.23 bits per heavy atom. The lowest BCUT2D eigenvalue weighted by Crippen LogP contribution is -2.10. The molecule has 1 heterocycles. The van der Waals surface area contributed by atoms with E-state index >= 15 is 0 Å². The Morgan fingerprint density at radius 3 is 2.69 bits per heavy atom. The molecule has 74 valence electrons. The van der Waals surface area contributed by atoms with Gasteiger partial charge < -0.3 is 0 Å². The second kappa shape index (κ2) is 4.56. The van der Waals surface area contributed by atoms with Crippen LogP contribution in [-0.4, -0.2) is 17.3 Å². The van der Waals surface area contributed by atoms with Crippen LogP contribution in [0.25, 0.3) is 0 Å². The van der Waals surface area contributed by atoms with Gasteiger partial charge in [-0.25, -0.2) is 0 Å². The highest BCUT2D eigenvalue weighted by atomic mass is 32.2. The molecular weight excluding hydrogens is 200 g/mol. The van der Waals surface area contributed by atoms with E-state index in [1.165, 1.54) is 4.24 Å². The molecule has 0 bridgehead atoms. The number of allylic oxidation sites excluding steroid dienone is 1. The molecule has 0 saturated carbocycles. The normalized spacial score (nSPS) is 23.0. The van der Waals surface area contributed by atoms with Crippen molar-refractivity contribution >= 4 is 29.3 Å². The van der Waals surface area contributed by atoms with Gasteiger partial charge in [-0.3, -0.25) is 4.79 Å². The number of carbonyl (C=O) groups is 1. The van der Waals surface area contributed by atoms with Crippen molar-refractivity contribution in [3.05, 3.63) is 9.81 Å². The van der Waals surface area contributed by atoms with E-state index in [-0.39, 0.29) is 5.92 Å². The summed E-state index contributed by atoms with van der Waals surface area (Å²) in [6.45, 7) is 6.13. The monoisotopic (exact) mass is 216 g/mol. The fraction of sp³-hybridized carbons (Fsp3) is 0.700. The van der Waals surface area contributed by atoms with Crippen LogP contribution in [-0.2, 0) is 4.79 Å². The van der Waals surface area contributed by atoms with Crippen molar-refractivity contribution in [1.82, 2.24) is 0 Å². The van der Waals surface area contributed by atoms with E-state index in [1.807, 2.05) is 31.9 Å². The molecule has 0 aliphatic carbocycles. The first-order chi connectivity index (χ1) is 6.06. The van der Waals surface area contributed by atoms with Crippen LogP contribution in [0.4, 0.5) is 0 Å². The zero-order valence-electron chi connectivity index (χ0n) is 8.59. The Kier molecular flexibility index (Phi) is 3.92. The second-order valence-electron chi connectivity index (χ2n) is 3.62. The molecule has 0 aromatic heterocycles. The minimum absolute atomic E-state index is 0.142. The fourth-order valence-corrected chi connectivity index (χ4v) is 3.64. The number of ketones is 1. The predicted octanol–water partition coefficient (Wildman–Crippen LogP) is 3.31. The summed E-state index contributed by atoms with van der Waals surface area (Å²) in [6.07, 6.45) is 3.01. The molecule has 0 amide bonds. The summed E-state index contributed by atoms with van der Waals surface area (Å²) in [5, 5.41) is 0.583. The van der Waals surface area contributed by atoms with Crippen LogP contribution in [0.5, 0.6) is 0 Å². The van der Waals surface area contributed by atoms with Crippen molar-refractivity contribution < 1.29 is 4.79 Å². The van der Waals surface area contributed by atoms with Crippen LogP contribution >= 0.6 is 23.5 Å².